The summed E-state index contributed by atoms with van der Waals surface area (Å²) < 4.78 is 0. The van der Waals surface area contributed by atoms with Gasteiger partial charge in [0.15, 0.2) is 0 Å². The molecule has 3 N–H and O–H groups in total. The molecule has 2 rings (SSSR count). The molecule has 1 atom stereocenters. The average Bonchev–Trinajstić information content (AvgIpc) is 2.56. The number of carboxylic acids is 1. The lowest BCUT2D eigenvalue weighted by Crippen LogP contribution is -2.03. The first-order valence-electron chi connectivity index (χ1n) is 4.63. The normalized spacial score (nSPS) is 12.9. The van der Waals surface area contributed by atoms with Crippen molar-refractivity contribution in [3.05, 3.63) is 35.5 Å². The molecule has 2 aromatic rings. The third kappa shape index (κ3) is 1.49. The second-order valence-electron chi connectivity index (χ2n) is 3.44. The molecule has 4 heteroatoms. The van der Waals surface area contributed by atoms with Gasteiger partial charge in [0.05, 0.1) is 17.4 Å². The number of aliphatic hydroxyl groups is 1. The Hall–Kier alpha value is -1.81. The van der Waals surface area contributed by atoms with E-state index in [4.69, 9.17) is 5.11 Å². The monoisotopic (exact) mass is 205 g/mol. The summed E-state index contributed by atoms with van der Waals surface area (Å²) in [4.78, 5) is 14.0. The van der Waals surface area contributed by atoms with Gasteiger partial charge >= 0.3 is 5.97 Å². The fourth-order valence-electron chi connectivity index (χ4n) is 1.71. The van der Waals surface area contributed by atoms with Crippen LogP contribution in [0.5, 0.6) is 0 Å². The Bertz CT molecular complexity index is 514. The Morgan fingerprint density at radius 2 is 2.07 bits per heavy atom. The van der Waals surface area contributed by atoms with Crippen molar-refractivity contribution < 1.29 is 15.0 Å². The van der Waals surface area contributed by atoms with Crippen LogP contribution < -0.4 is 0 Å². The second kappa shape index (κ2) is 3.40. The van der Waals surface area contributed by atoms with Crippen molar-refractivity contribution in [1.82, 2.24) is 4.98 Å². The smallest absolute Gasteiger partial charge is 0.338 e. The quantitative estimate of drug-likeness (QED) is 0.701. The largest absolute Gasteiger partial charge is 0.478 e. The van der Waals surface area contributed by atoms with Crippen molar-refractivity contribution in [3.8, 4) is 0 Å². The van der Waals surface area contributed by atoms with Crippen molar-refractivity contribution in [1.29, 1.82) is 0 Å². The first-order chi connectivity index (χ1) is 7.11. The van der Waals surface area contributed by atoms with Crippen molar-refractivity contribution >= 4 is 16.9 Å². The van der Waals surface area contributed by atoms with E-state index >= 15 is 0 Å². The van der Waals surface area contributed by atoms with Crippen LogP contribution in [0.3, 0.4) is 0 Å². The lowest BCUT2D eigenvalue weighted by atomic mass is 10.1. The van der Waals surface area contributed by atoms with Crippen LogP contribution in [-0.4, -0.2) is 21.2 Å². The average molecular weight is 205 g/mol. The van der Waals surface area contributed by atoms with Crippen LogP contribution in [0.2, 0.25) is 0 Å². The molecule has 0 aliphatic heterocycles. The molecule has 0 saturated heterocycles. The fraction of sp³-hybridized carbons (Fsp3) is 0.182. The topological polar surface area (TPSA) is 73.3 Å². The van der Waals surface area contributed by atoms with Gasteiger partial charge in [-0.25, -0.2) is 4.79 Å². The van der Waals surface area contributed by atoms with Crippen LogP contribution in [0.25, 0.3) is 10.9 Å². The van der Waals surface area contributed by atoms with Crippen molar-refractivity contribution in [2.24, 2.45) is 0 Å². The van der Waals surface area contributed by atoms with Gasteiger partial charge in [-0.1, -0.05) is 18.2 Å². The van der Waals surface area contributed by atoms with Crippen molar-refractivity contribution in [2.45, 2.75) is 13.0 Å². The van der Waals surface area contributed by atoms with Gasteiger partial charge in [0, 0.05) is 10.9 Å². The van der Waals surface area contributed by atoms with Gasteiger partial charge < -0.3 is 15.2 Å². The van der Waals surface area contributed by atoms with Gasteiger partial charge in [0.25, 0.3) is 0 Å². The third-order valence-corrected chi connectivity index (χ3v) is 2.37. The van der Waals surface area contributed by atoms with Crippen LogP contribution in [0.1, 0.15) is 29.1 Å². The number of aromatic nitrogens is 1. The Morgan fingerprint density at radius 1 is 1.40 bits per heavy atom. The molecule has 1 unspecified atom stereocenters. The zero-order valence-electron chi connectivity index (χ0n) is 8.19. The SMILES string of the molecule is CC(O)c1[nH]c2ccccc2c1C(=O)O. The number of nitrogens with one attached hydrogen (secondary N) is 1. The van der Waals surface area contributed by atoms with Crippen LogP contribution in [0.15, 0.2) is 24.3 Å². The highest BCUT2D eigenvalue weighted by atomic mass is 16.4. The van der Waals surface area contributed by atoms with E-state index in [1.54, 1.807) is 18.2 Å². The van der Waals surface area contributed by atoms with Gasteiger partial charge in [0.2, 0.25) is 0 Å². The molecular weight excluding hydrogens is 194 g/mol. The lowest BCUT2D eigenvalue weighted by molar-refractivity contribution is 0.0692. The van der Waals surface area contributed by atoms with E-state index < -0.39 is 12.1 Å². The van der Waals surface area contributed by atoms with Gasteiger partial charge in [0.1, 0.15) is 0 Å². The zero-order chi connectivity index (χ0) is 11.0. The molecule has 1 aromatic heterocycles. The van der Waals surface area contributed by atoms with E-state index in [0.717, 1.165) is 5.52 Å². The molecule has 0 bridgehead atoms. The first kappa shape index (κ1) is 9.73. The maximum Gasteiger partial charge on any atom is 0.338 e. The van der Waals surface area contributed by atoms with Crippen LogP contribution in [-0.2, 0) is 0 Å². The molecule has 15 heavy (non-hydrogen) atoms. The minimum Gasteiger partial charge on any atom is -0.478 e. The molecular formula is C11H11NO3. The molecule has 0 radical (unpaired) electrons. The predicted molar refractivity (Wildman–Crippen MR) is 55.9 cm³/mol. The van der Waals surface area contributed by atoms with E-state index in [0.29, 0.717) is 11.1 Å². The minimum atomic E-state index is -1.02. The Morgan fingerprint density at radius 3 is 2.67 bits per heavy atom. The lowest BCUT2D eigenvalue weighted by Gasteiger charge is -2.02. The summed E-state index contributed by atoms with van der Waals surface area (Å²) in [6.45, 7) is 1.54. The van der Waals surface area contributed by atoms with E-state index in [-0.39, 0.29) is 5.56 Å². The molecule has 0 aliphatic carbocycles. The number of rotatable bonds is 2. The van der Waals surface area contributed by atoms with Gasteiger partial charge in [-0.2, -0.15) is 0 Å². The highest BCUT2D eigenvalue weighted by Crippen LogP contribution is 2.26. The van der Waals surface area contributed by atoms with Gasteiger partial charge in [-0.3, -0.25) is 0 Å². The molecule has 1 heterocycles. The number of H-pyrrole nitrogens is 1. The summed E-state index contributed by atoms with van der Waals surface area (Å²) in [5.41, 5.74) is 1.23. The number of aromatic carboxylic acids is 1. The molecule has 0 saturated carbocycles. The summed E-state index contributed by atoms with van der Waals surface area (Å²) in [6, 6.07) is 7.10. The van der Waals surface area contributed by atoms with E-state index in [1.807, 2.05) is 6.07 Å². The number of carbonyl (C=O) groups is 1. The van der Waals surface area contributed by atoms with E-state index in [9.17, 15) is 9.90 Å². The van der Waals surface area contributed by atoms with Crippen molar-refractivity contribution in [3.63, 3.8) is 0 Å². The maximum atomic E-state index is 11.1. The summed E-state index contributed by atoms with van der Waals surface area (Å²) in [5.74, 6) is -1.02. The van der Waals surface area contributed by atoms with Crippen LogP contribution in [0, 0.1) is 0 Å². The number of carboxylic acid groups (broad SMARTS) is 1. The summed E-state index contributed by atoms with van der Waals surface area (Å²) in [7, 11) is 0. The number of para-hydroxylation sites is 1. The van der Waals surface area contributed by atoms with Gasteiger partial charge in [-0.05, 0) is 13.0 Å². The highest BCUT2D eigenvalue weighted by molar-refractivity contribution is 6.04. The molecule has 0 amide bonds. The zero-order valence-corrected chi connectivity index (χ0v) is 8.19. The number of fused-ring (bicyclic) bond motifs is 1. The molecule has 0 aliphatic rings. The predicted octanol–water partition coefficient (Wildman–Crippen LogP) is 1.92. The Balaban J connectivity index is 2.80. The highest BCUT2D eigenvalue weighted by Gasteiger charge is 2.19. The van der Waals surface area contributed by atoms with Gasteiger partial charge in [-0.15, -0.1) is 0 Å². The second-order valence-corrected chi connectivity index (χ2v) is 3.44. The number of aromatic amines is 1. The summed E-state index contributed by atoms with van der Waals surface area (Å²) in [6.07, 6.45) is -0.816. The molecule has 0 fully saturated rings. The minimum absolute atomic E-state index is 0.153. The molecule has 78 valence electrons. The Labute approximate surface area is 86.2 Å². The standard InChI is InChI=1S/C11H11NO3/c1-6(13)10-9(11(14)15)7-4-2-3-5-8(7)12-10/h2-6,12-13H,1H3,(H,14,15). The first-order valence-corrected chi connectivity index (χ1v) is 4.63. The van der Waals surface area contributed by atoms with E-state index in [1.165, 1.54) is 6.92 Å². The molecule has 4 nitrogen and oxygen atoms in total. The summed E-state index contributed by atoms with van der Waals surface area (Å²) in [5, 5.41) is 19.2. The van der Waals surface area contributed by atoms with E-state index in [2.05, 4.69) is 4.98 Å². The van der Waals surface area contributed by atoms with Crippen molar-refractivity contribution in [2.75, 3.05) is 0 Å². The molecule has 0 spiro atoms. The number of hydrogen-bond donors (Lipinski definition) is 3. The number of hydrogen-bond acceptors (Lipinski definition) is 2. The Kier molecular flexibility index (Phi) is 2.21. The number of aliphatic hydroxyl groups excluding tert-OH is 1. The summed E-state index contributed by atoms with van der Waals surface area (Å²) >= 11 is 0. The number of benzene rings is 1. The van der Waals surface area contributed by atoms with Crippen LogP contribution >= 0.6 is 0 Å². The third-order valence-electron chi connectivity index (χ3n) is 2.37. The fourth-order valence-corrected chi connectivity index (χ4v) is 1.71. The maximum absolute atomic E-state index is 11.1. The van der Waals surface area contributed by atoms with Crippen LogP contribution in [0.4, 0.5) is 0 Å². The molecule has 1 aromatic carbocycles.